The van der Waals surface area contributed by atoms with Crippen molar-refractivity contribution in [3.05, 3.63) is 41.3 Å². The number of carbonyl (C=O) groups is 1. The molecule has 32 heavy (non-hydrogen) atoms. The smallest absolute Gasteiger partial charge is 0.314 e. The zero-order chi connectivity index (χ0) is 22.6. The van der Waals surface area contributed by atoms with E-state index >= 15 is 0 Å². The SMILES string of the molecule is CCOC(=O)C1(CO[C@@H]2CCC[C@H](OCc3nc(-c4cccc(C)c4)oc3C)C2)CCC1. The molecule has 6 heteroatoms. The molecular formula is C26H35NO5. The van der Waals surface area contributed by atoms with Gasteiger partial charge in [0.1, 0.15) is 11.5 Å². The lowest BCUT2D eigenvalue weighted by Gasteiger charge is -2.40. The van der Waals surface area contributed by atoms with E-state index in [0.717, 1.165) is 62.0 Å². The lowest BCUT2D eigenvalue weighted by atomic mass is 9.69. The molecule has 0 aliphatic heterocycles. The van der Waals surface area contributed by atoms with Crippen LogP contribution in [0.15, 0.2) is 28.7 Å². The Morgan fingerprint density at radius 1 is 1.16 bits per heavy atom. The van der Waals surface area contributed by atoms with Gasteiger partial charge in [0.25, 0.3) is 0 Å². The minimum absolute atomic E-state index is 0.0965. The van der Waals surface area contributed by atoms with Crippen LogP contribution in [0.5, 0.6) is 0 Å². The Morgan fingerprint density at radius 3 is 2.62 bits per heavy atom. The van der Waals surface area contributed by atoms with E-state index in [1.54, 1.807) is 0 Å². The molecule has 1 aromatic heterocycles. The maximum Gasteiger partial charge on any atom is 0.314 e. The van der Waals surface area contributed by atoms with Crippen molar-refractivity contribution in [3.63, 3.8) is 0 Å². The number of benzene rings is 1. The molecule has 0 radical (unpaired) electrons. The number of nitrogens with zero attached hydrogens (tertiary/aromatic N) is 1. The summed E-state index contributed by atoms with van der Waals surface area (Å²) in [5.74, 6) is 1.34. The summed E-state index contributed by atoms with van der Waals surface area (Å²) < 4.78 is 23.6. The maximum atomic E-state index is 12.4. The Labute approximate surface area is 190 Å². The third-order valence-corrected chi connectivity index (χ3v) is 6.81. The first-order valence-electron chi connectivity index (χ1n) is 11.9. The van der Waals surface area contributed by atoms with Crippen molar-refractivity contribution in [1.29, 1.82) is 0 Å². The van der Waals surface area contributed by atoms with Crippen LogP contribution in [0.3, 0.4) is 0 Å². The van der Waals surface area contributed by atoms with Crippen molar-refractivity contribution in [2.45, 2.75) is 84.5 Å². The van der Waals surface area contributed by atoms with E-state index in [-0.39, 0.29) is 18.2 Å². The van der Waals surface area contributed by atoms with E-state index in [4.69, 9.17) is 18.6 Å². The summed E-state index contributed by atoms with van der Waals surface area (Å²) in [6, 6.07) is 8.16. The van der Waals surface area contributed by atoms with Crippen molar-refractivity contribution >= 4 is 5.97 Å². The van der Waals surface area contributed by atoms with Crippen molar-refractivity contribution in [1.82, 2.24) is 4.98 Å². The van der Waals surface area contributed by atoms with Crippen LogP contribution in [0.2, 0.25) is 0 Å². The second-order valence-corrected chi connectivity index (χ2v) is 9.28. The van der Waals surface area contributed by atoms with Gasteiger partial charge in [-0.2, -0.15) is 0 Å². The molecule has 174 valence electrons. The number of rotatable bonds is 9. The first-order chi connectivity index (χ1) is 15.5. The molecule has 6 nitrogen and oxygen atoms in total. The monoisotopic (exact) mass is 441 g/mol. The van der Waals surface area contributed by atoms with Gasteiger partial charge in [0.2, 0.25) is 5.89 Å². The van der Waals surface area contributed by atoms with Gasteiger partial charge < -0.3 is 18.6 Å². The van der Waals surface area contributed by atoms with Crippen LogP contribution in [0.25, 0.3) is 11.5 Å². The predicted molar refractivity (Wildman–Crippen MR) is 121 cm³/mol. The van der Waals surface area contributed by atoms with Crippen LogP contribution in [-0.4, -0.2) is 36.4 Å². The van der Waals surface area contributed by atoms with Crippen molar-refractivity contribution in [2.75, 3.05) is 13.2 Å². The molecule has 4 rings (SSSR count). The van der Waals surface area contributed by atoms with E-state index in [0.29, 0.717) is 25.7 Å². The van der Waals surface area contributed by atoms with Gasteiger partial charge in [-0.3, -0.25) is 4.79 Å². The van der Waals surface area contributed by atoms with E-state index in [1.807, 2.05) is 26.0 Å². The highest BCUT2D eigenvalue weighted by molar-refractivity contribution is 5.78. The highest BCUT2D eigenvalue weighted by atomic mass is 16.5. The van der Waals surface area contributed by atoms with Gasteiger partial charge in [-0.1, -0.05) is 24.1 Å². The Hall–Kier alpha value is -2.18. The Kier molecular flexibility index (Phi) is 7.31. The van der Waals surface area contributed by atoms with Gasteiger partial charge in [-0.25, -0.2) is 4.98 Å². The Bertz CT molecular complexity index is 917. The molecule has 0 N–H and O–H groups in total. The maximum absolute atomic E-state index is 12.4. The molecule has 1 heterocycles. The normalized spacial score (nSPS) is 22.3. The molecule has 0 saturated heterocycles. The molecule has 2 aromatic rings. The number of hydrogen-bond donors (Lipinski definition) is 0. The quantitative estimate of drug-likeness (QED) is 0.476. The number of carbonyl (C=O) groups excluding carboxylic acids is 1. The number of ether oxygens (including phenoxy) is 3. The number of oxazole rings is 1. The lowest BCUT2D eigenvalue weighted by Crippen LogP contribution is -2.45. The van der Waals surface area contributed by atoms with Gasteiger partial charge in [0.05, 0.1) is 37.4 Å². The molecule has 2 aliphatic carbocycles. The molecule has 0 amide bonds. The van der Waals surface area contributed by atoms with Crippen LogP contribution in [-0.2, 0) is 25.6 Å². The van der Waals surface area contributed by atoms with Crippen LogP contribution in [0.1, 0.15) is 68.9 Å². The van der Waals surface area contributed by atoms with Gasteiger partial charge >= 0.3 is 5.97 Å². The van der Waals surface area contributed by atoms with Crippen molar-refractivity contribution in [3.8, 4) is 11.5 Å². The van der Waals surface area contributed by atoms with Crippen LogP contribution in [0.4, 0.5) is 0 Å². The third-order valence-electron chi connectivity index (χ3n) is 6.81. The Balaban J connectivity index is 1.29. The summed E-state index contributed by atoms with van der Waals surface area (Å²) in [5.41, 5.74) is 2.58. The number of hydrogen-bond acceptors (Lipinski definition) is 6. The molecule has 0 spiro atoms. The third kappa shape index (κ3) is 5.24. The number of esters is 1. The molecule has 2 atom stereocenters. The highest BCUT2D eigenvalue weighted by Crippen LogP contribution is 2.43. The van der Waals surface area contributed by atoms with Crippen molar-refractivity contribution < 1.29 is 23.4 Å². The topological polar surface area (TPSA) is 70.8 Å². The first-order valence-corrected chi connectivity index (χ1v) is 11.9. The summed E-state index contributed by atoms with van der Waals surface area (Å²) in [6.07, 6.45) is 7.01. The van der Waals surface area contributed by atoms with Crippen LogP contribution >= 0.6 is 0 Å². The van der Waals surface area contributed by atoms with E-state index < -0.39 is 5.41 Å². The van der Waals surface area contributed by atoms with E-state index in [1.165, 1.54) is 5.56 Å². The number of aryl methyl sites for hydroxylation is 2. The molecule has 2 fully saturated rings. The van der Waals surface area contributed by atoms with Gasteiger partial charge in [-0.05, 0) is 71.4 Å². The molecule has 0 unspecified atom stereocenters. The molecule has 2 saturated carbocycles. The molecule has 0 bridgehead atoms. The zero-order valence-electron chi connectivity index (χ0n) is 19.5. The minimum atomic E-state index is -0.423. The second kappa shape index (κ2) is 10.2. The van der Waals surface area contributed by atoms with Crippen molar-refractivity contribution in [2.24, 2.45) is 5.41 Å². The average molecular weight is 442 g/mol. The molecule has 2 aliphatic rings. The van der Waals surface area contributed by atoms with Gasteiger partial charge in [0, 0.05) is 5.56 Å². The summed E-state index contributed by atoms with van der Waals surface area (Å²) in [5, 5.41) is 0. The Morgan fingerprint density at radius 2 is 1.94 bits per heavy atom. The first kappa shape index (κ1) is 23.0. The second-order valence-electron chi connectivity index (χ2n) is 9.28. The van der Waals surface area contributed by atoms with E-state index in [9.17, 15) is 4.79 Å². The van der Waals surface area contributed by atoms with Gasteiger partial charge in [0.15, 0.2) is 0 Å². The predicted octanol–water partition coefficient (Wildman–Crippen LogP) is 5.54. The molecular weight excluding hydrogens is 406 g/mol. The van der Waals surface area contributed by atoms with Crippen LogP contribution in [0, 0.1) is 19.3 Å². The molecule has 1 aromatic carbocycles. The largest absolute Gasteiger partial charge is 0.465 e. The lowest BCUT2D eigenvalue weighted by molar-refractivity contribution is -0.170. The summed E-state index contributed by atoms with van der Waals surface area (Å²) in [6.45, 7) is 7.17. The minimum Gasteiger partial charge on any atom is -0.465 e. The fraction of sp³-hybridized carbons (Fsp3) is 0.615. The highest BCUT2D eigenvalue weighted by Gasteiger charge is 2.46. The average Bonchev–Trinajstić information content (AvgIpc) is 3.13. The standard InChI is InChI=1S/C26H35NO5/c1-4-29-25(28)26(12-7-13-26)17-31-22-11-6-10-21(15-22)30-16-23-19(3)32-24(27-23)20-9-5-8-18(2)14-20/h5,8-9,14,21-22H,4,6-7,10-13,15-17H2,1-3H3/t21-,22+/m0/s1. The number of aromatic nitrogens is 1. The summed E-state index contributed by atoms with van der Waals surface area (Å²) >= 11 is 0. The summed E-state index contributed by atoms with van der Waals surface area (Å²) in [4.78, 5) is 17.0. The fourth-order valence-electron chi connectivity index (χ4n) is 4.64. The zero-order valence-corrected chi connectivity index (χ0v) is 19.5. The summed E-state index contributed by atoms with van der Waals surface area (Å²) in [7, 11) is 0. The van der Waals surface area contributed by atoms with Gasteiger partial charge in [-0.15, -0.1) is 0 Å². The van der Waals surface area contributed by atoms with E-state index in [2.05, 4.69) is 24.0 Å². The fourth-order valence-corrected chi connectivity index (χ4v) is 4.64. The van der Waals surface area contributed by atoms with Crippen LogP contribution < -0.4 is 0 Å².